The molecule has 5 rings (SSSR count). The number of aromatic nitrogens is 2. The van der Waals surface area contributed by atoms with E-state index in [1.54, 1.807) is 35.0 Å². The van der Waals surface area contributed by atoms with Gasteiger partial charge in [-0.2, -0.15) is 0 Å². The van der Waals surface area contributed by atoms with Crippen molar-refractivity contribution in [1.29, 1.82) is 0 Å². The molecule has 1 saturated heterocycles. The maximum Gasteiger partial charge on any atom is 0.318 e. The molecule has 0 bridgehead atoms. The number of thiazole rings is 2. The van der Waals surface area contributed by atoms with Crippen LogP contribution in [0.15, 0.2) is 77.8 Å². The molecule has 4 N–H and O–H groups in total. The molecule has 0 aliphatic carbocycles. The van der Waals surface area contributed by atoms with Crippen molar-refractivity contribution in [2.24, 2.45) is 0 Å². The molecule has 0 radical (unpaired) electrons. The third-order valence-corrected chi connectivity index (χ3v) is 11.3. The van der Waals surface area contributed by atoms with E-state index < -0.39 is 12.5 Å². The first kappa shape index (κ1) is 41.4. The second-order valence-corrected chi connectivity index (χ2v) is 16.0. The number of amides is 3. The van der Waals surface area contributed by atoms with Crippen LogP contribution < -0.4 is 16.0 Å². The van der Waals surface area contributed by atoms with Crippen LogP contribution in [0.25, 0.3) is 0 Å². The Balaban J connectivity index is 1.28. The predicted molar refractivity (Wildman–Crippen MR) is 213 cm³/mol. The van der Waals surface area contributed by atoms with Crippen LogP contribution in [-0.4, -0.2) is 101 Å². The summed E-state index contributed by atoms with van der Waals surface area (Å²) in [5.74, 6) is 0.0964. The molecule has 3 amide bonds. The Morgan fingerprint density at radius 2 is 1.61 bits per heavy atom. The average molecular weight is 778 g/mol. The van der Waals surface area contributed by atoms with Gasteiger partial charge in [0.2, 0.25) is 12.3 Å². The van der Waals surface area contributed by atoms with Crippen LogP contribution in [0.4, 0.5) is 4.79 Å². The van der Waals surface area contributed by atoms with Crippen molar-refractivity contribution in [3.05, 3.63) is 104 Å². The maximum atomic E-state index is 14.2. The van der Waals surface area contributed by atoms with Gasteiger partial charge in [-0.25, -0.2) is 9.78 Å². The average Bonchev–Trinajstić information content (AvgIpc) is 3.89. The molecule has 1 fully saturated rings. The molecule has 0 spiro atoms. The number of aliphatic hydroxyl groups excluding tert-OH is 1. The summed E-state index contributed by atoms with van der Waals surface area (Å²) < 4.78 is 11.3. The van der Waals surface area contributed by atoms with Crippen LogP contribution in [0.3, 0.4) is 0 Å². The smallest absolute Gasteiger partial charge is 0.318 e. The number of urea groups is 1. The van der Waals surface area contributed by atoms with Gasteiger partial charge in [-0.15, -0.1) is 22.7 Å². The van der Waals surface area contributed by atoms with E-state index >= 15 is 0 Å². The van der Waals surface area contributed by atoms with E-state index in [0.29, 0.717) is 64.3 Å². The van der Waals surface area contributed by atoms with Crippen LogP contribution >= 0.6 is 22.7 Å². The number of aliphatic hydroxyl groups is 1. The molecular weight excluding hydrogens is 723 g/mol. The summed E-state index contributed by atoms with van der Waals surface area (Å²) >= 11 is 3.07. The molecule has 1 aliphatic rings. The van der Waals surface area contributed by atoms with E-state index in [9.17, 15) is 14.7 Å². The Labute approximate surface area is 327 Å². The van der Waals surface area contributed by atoms with Gasteiger partial charge in [-0.3, -0.25) is 20.0 Å². The van der Waals surface area contributed by atoms with Gasteiger partial charge in [0, 0.05) is 56.3 Å². The summed E-state index contributed by atoms with van der Waals surface area (Å²) in [4.78, 5) is 41.4. The lowest BCUT2D eigenvalue weighted by molar-refractivity contribution is -0.134. The Hall–Kier alpha value is -3.76. The molecule has 2 aromatic heterocycles. The highest BCUT2D eigenvalue weighted by atomic mass is 32.1. The van der Waals surface area contributed by atoms with Gasteiger partial charge < -0.3 is 30.1 Å². The van der Waals surface area contributed by atoms with Crippen molar-refractivity contribution in [3.8, 4) is 0 Å². The first-order chi connectivity index (χ1) is 26.2. The minimum atomic E-state index is -1.18. The molecule has 292 valence electrons. The molecule has 4 aromatic rings. The standard InChI is InChI=1S/C40H55N7O5S2/c1-29(2)38-43-34(27-53-38)25-46(3)39(49)45-36(16-17-47-18-20-51-21-19-47)37(48)42-32(22-30-10-6-4-7-11-30)14-15-33(23-31-12-8-5-9-13-31)44-40(50)52-26-35-24-41-28-54-35/h4-13,24,27-29,32-33,36,40,44,50H,14-23,25-26H2,1-3H3,(H,42,48)(H,45,49). The van der Waals surface area contributed by atoms with Crippen LogP contribution in [-0.2, 0) is 40.3 Å². The fourth-order valence-electron chi connectivity index (χ4n) is 6.33. The summed E-state index contributed by atoms with van der Waals surface area (Å²) in [7, 11) is 1.73. The molecular formula is C40H55N7O5S2. The monoisotopic (exact) mass is 777 g/mol. The number of carbonyl (C=O) groups excluding carboxylic acids is 2. The van der Waals surface area contributed by atoms with E-state index in [2.05, 4.69) is 63.9 Å². The molecule has 3 heterocycles. The zero-order valence-corrected chi connectivity index (χ0v) is 33.2. The maximum absolute atomic E-state index is 14.2. The molecule has 54 heavy (non-hydrogen) atoms. The third kappa shape index (κ3) is 14.1. The van der Waals surface area contributed by atoms with Crippen LogP contribution in [0.1, 0.15) is 65.7 Å². The second-order valence-electron chi connectivity index (χ2n) is 14.1. The lowest BCUT2D eigenvalue weighted by Crippen LogP contribution is -2.54. The molecule has 14 heteroatoms. The number of hydrogen-bond acceptors (Lipinski definition) is 11. The van der Waals surface area contributed by atoms with Crippen molar-refractivity contribution in [2.45, 2.75) is 89.6 Å². The van der Waals surface area contributed by atoms with Gasteiger partial charge in [-0.05, 0) is 43.2 Å². The summed E-state index contributed by atoms with van der Waals surface area (Å²) in [6.45, 7) is 8.34. The van der Waals surface area contributed by atoms with E-state index in [0.717, 1.165) is 39.8 Å². The van der Waals surface area contributed by atoms with Gasteiger partial charge in [0.25, 0.3) is 0 Å². The Kier molecular flexibility index (Phi) is 16.8. The summed E-state index contributed by atoms with van der Waals surface area (Å²) in [6, 6.07) is 18.8. The van der Waals surface area contributed by atoms with Crippen LogP contribution in [0.5, 0.6) is 0 Å². The van der Waals surface area contributed by atoms with Crippen molar-refractivity contribution in [3.63, 3.8) is 0 Å². The van der Waals surface area contributed by atoms with Gasteiger partial charge in [0.1, 0.15) is 6.04 Å². The molecule has 0 saturated carbocycles. The number of benzene rings is 2. The highest BCUT2D eigenvalue weighted by Gasteiger charge is 2.27. The number of nitrogens with one attached hydrogen (secondary N) is 3. The number of nitrogens with zero attached hydrogens (tertiary/aromatic N) is 4. The van der Waals surface area contributed by atoms with Crippen molar-refractivity contribution in [1.82, 2.24) is 35.7 Å². The lowest BCUT2D eigenvalue weighted by atomic mass is 9.95. The predicted octanol–water partition coefficient (Wildman–Crippen LogP) is 5.16. The number of morpholine rings is 1. The number of hydrogen-bond donors (Lipinski definition) is 4. The van der Waals surface area contributed by atoms with Crippen molar-refractivity contribution >= 4 is 34.6 Å². The summed E-state index contributed by atoms with van der Waals surface area (Å²) in [6.07, 6.45) is 3.55. The van der Waals surface area contributed by atoms with Crippen LogP contribution in [0.2, 0.25) is 0 Å². The topological polar surface area (TPSA) is 141 Å². The SMILES string of the molecule is CC(C)c1nc(CN(C)C(=O)NC(CCN2CCOCC2)C(=O)NC(CCC(Cc2ccccc2)NC(O)OCc2cncs2)Cc2ccccc2)cs1. The first-order valence-corrected chi connectivity index (χ1v) is 20.5. The molecule has 1 aliphatic heterocycles. The summed E-state index contributed by atoms with van der Waals surface area (Å²) in [5, 5.41) is 23.5. The van der Waals surface area contributed by atoms with Gasteiger partial charge in [-0.1, -0.05) is 74.5 Å². The van der Waals surface area contributed by atoms with E-state index in [4.69, 9.17) is 14.5 Å². The normalized spacial score (nSPS) is 15.7. The lowest BCUT2D eigenvalue weighted by Gasteiger charge is -2.30. The Morgan fingerprint density at radius 1 is 0.944 bits per heavy atom. The number of rotatable bonds is 21. The largest absolute Gasteiger partial charge is 0.379 e. The molecule has 4 atom stereocenters. The zero-order chi connectivity index (χ0) is 38.1. The second kappa shape index (κ2) is 22.0. The first-order valence-electron chi connectivity index (χ1n) is 18.8. The summed E-state index contributed by atoms with van der Waals surface area (Å²) in [5.41, 5.74) is 4.79. The zero-order valence-electron chi connectivity index (χ0n) is 31.6. The number of carbonyl (C=O) groups is 2. The molecule has 4 unspecified atom stereocenters. The van der Waals surface area contributed by atoms with Gasteiger partial charge in [0.15, 0.2) is 0 Å². The van der Waals surface area contributed by atoms with E-state index in [1.165, 1.54) is 11.3 Å². The molecule has 2 aromatic carbocycles. The quantitative estimate of drug-likeness (QED) is 0.0846. The minimum absolute atomic E-state index is 0.147. The van der Waals surface area contributed by atoms with Gasteiger partial charge >= 0.3 is 6.03 Å². The molecule has 12 nitrogen and oxygen atoms in total. The van der Waals surface area contributed by atoms with Crippen molar-refractivity contribution in [2.75, 3.05) is 39.9 Å². The van der Waals surface area contributed by atoms with Gasteiger partial charge in [0.05, 0.1) is 47.5 Å². The minimum Gasteiger partial charge on any atom is -0.379 e. The Bertz CT molecular complexity index is 1660. The van der Waals surface area contributed by atoms with Crippen molar-refractivity contribution < 1.29 is 24.2 Å². The fraction of sp³-hybridized carbons (Fsp3) is 0.500. The fourth-order valence-corrected chi connectivity index (χ4v) is 7.68. The highest BCUT2D eigenvalue weighted by molar-refractivity contribution is 7.09. The van der Waals surface area contributed by atoms with E-state index in [1.807, 2.05) is 41.8 Å². The Morgan fingerprint density at radius 3 is 2.24 bits per heavy atom. The number of ether oxygens (including phenoxy) is 2. The van der Waals surface area contributed by atoms with E-state index in [-0.39, 0.29) is 30.6 Å². The third-order valence-electron chi connectivity index (χ3n) is 9.37. The van der Waals surface area contributed by atoms with Crippen LogP contribution in [0, 0.1) is 0 Å². The highest BCUT2D eigenvalue weighted by Crippen LogP contribution is 2.20.